The van der Waals surface area contributed by atoms with Gasteiger partial charge in [0.05, 0.1) is 11.1 Å². The van der Waals surface area contributed by atoms with Gasteiger partial charge in [0.25, 0.3) is 11.8 Å². The van der Waals surface area contributed by atoms with Crippen LogP contribution >= 0.6 is 0 Å². The molecule has 1 aliphatic heterocycles. The van der Waals surface area contributed by atoms with Crippen molar-refractivity contribution in [3.63, 3.8) is 0 Å². The van der Waals surface area contributed by atoms with Gasteiger partial charge in [0.1, 0.15) is 0 Å². The Morgan fingerprint density at radius 3 is 2.62 bits per heavy atom. The summed E-state index contributed by atoms with van der Waals surface area (Å²) in [7, 11) is 0. The van der Waals surface area contributed by atoms with E-state index in [2.05, 4.69) is 10.3 Å². The highest BCUT2D eigenvalue weighted by molar-refractivity contribution is 6.10. The van der Waals surface area contributed by atoms with Crippen molar-refractivity contribution in [1.29, 1.82) is 0 Å². The molecule has 1 unspecified atom stereocenters. The van der Waals surface area contributed by atoms with Gasteiger partial charge < -0.3 is 10.2 Å². The number of carbonyl (C=O) groups is 2. The molecule has 0 radical (unpaired) electrons. The Kier molecular flexibility index (Phi) is 5.12. The van der Waals surface area contributed by atoms with E-state index in [9.17, 15) is 9.59 Å². The Morgan fingerprint density at radius 2 is 1.79 bits per heavy atom. The van der Waals surface area contributed by atoms with Crippen LogP contribution in [-0.4, -0.2) is 22.8 Å². The molecule has 0 bridgehead atoms. The van der Waals surface area contributed by atoms with Crippen molar-refractivity contribution in [2.45, 2.75) is 32.7 Å². The maximum Gasteiger partial charge on any atom is 0.260 e. The standard InChI is InChI=1S/C24H23N3O2/c1-3-17-8-4-6-10-21(17)26-23(28)19-13-20(15-25-14-19)24(29)27-16(2)12-18-9-5-7-11-22(18)27/h4-11,13-16H,3,12H2,1-2H3,(H,26,28). The van der Waals surface area contributed by atoms with Gasteiger partial charge in [-0.25, -0.2) is 0 Å². The van der Waals surface area contributed by atoms with Crippen LogP contribution in [0.5, 0.6) is 0 Å². The summed E-state index contributed by atoms with van der Waals surface area (Å²) in [5.41, 5.74) is 4.69. The lowest BCUT2D eigenvalue weighted by Crippen LogP contribution is -2.35. The summed E-state index contributed by atoms with van der Waals surface area (Å²) in [5.74, 6) is -0.415. The van der Waals surface area contributed by atoms with Gasteiger partial charge in [-0.3, -0.25) is 14.6 Å². The summed E-state index contributed by atoms with van der Waals surface area (Å²) in [6.07, 6.45) is 4.65. The van der Waals surface area contributed by atoms with Crippen molar-refractivity contribution >= 4 is 23.2 Å². The summed E-state index contributed by atoms with van der Waals surface area (Å²) < 4.78 is 0. The topological polar surface area (TPSA) is 62.3 Å². The van der Waals surface area contributed by atoms with E-state index in [0.29, 0.717) is 11.1 Å². The lowest BCUT2D eigenvalue weighted by Gasteiger charge is -2.22. The van der Waals surface area contributed by atoms with Crippen molar-refractivity contribution in [3.05, 3.63) is 89.2 Å². The third kappa shape index (κ3) is 3.63. The average molecular weight is 385 g/mol. The van der Waals surface area contributed by atoms with Crippen LogP contribution in [0.1, 0.15) is 45.7 Å². The first-order valence-corrected chi connectivity index (χ1v) is 9.84. The minimum Gasteiger partial charge on any atom is -0.322 e. The third-order valence-corrected chi connectivity index (χ3v) is 5.32. The largest absolute Gasteiger partial charge is 0.322 e. The van der Waals surface area contributed by atoms with E-state index in [1.54, 1.807) is 11.0 Å². The molecule has 1 aliphatic rings. The number of amides is 2. The maximum atomic E-state index is 13.2. The van der Waals surface area contributed by atoms with Crippen LogP contribution in [0.3, 0.4) is 0 Å². The number of rotatable bonds is 4. The fraction of sp³-hybridized carbons (Fsp3) is 0.208. The molecular weight excluding hydrogens is 362 g/mol. The molecule has 2 amide bonds. The zero-order valence-corrected chi connectivity index (χ0v) is 16.6. The molecule has 146 valence electrons. The van der Waals surface area contributed by atoms with E-state index in [1.165, 1.54) is 12.4 Å². The number of anilines is 2. The predicted molar refractivity (Wildman–Crippen MR) is 114 cm³/mol. The molecule has 1 aromatic heterocycles. The molecule has 5 nitrogen and oxygen atoms in total. The van der Waals surface area contributed by atoms with E-state index in [4.69, 9.17) is 0 Å². The Balaban J connectivity index is 1.59. The number of carbonyl (C=O) groups excluding carboxylic acids is 2. The lowest BCUT2D eigenvalue weighted by molar-refractivity contribution is 0.0981. The number of aryl methyl sites for hydroxylation is 1. The van der Waals surface area contributed by atoms with Gasteiger partial charge in [0.2, 0.25) is 0 Å². The molecule has 0 aliphatic carbocycles. The second kappa shape index (κ2) is 7.87. The number of hydrogen-bond donors (Lipinski definition) is 1. The molecule has 4 rings (SSSR count). The Labute approximate surface area is 170 Å². The molecule has 5 heteroatoms. The zero-order chi connectivity index (χ0) is 20.4. The highest BCUT2D eigenvalue weighted by Gasteiger charge is 2.31. The van der Waals surface area contributed by atoms with Crippen molar-refractivity contribution in [3.8, 4) is 0 Å². The molecule has 2 aromatic carbocycles. The molecule has 0 saturated heterocycles. The molecule has 29 heavy (non-hydrogen) atoms. The first-order valence-electron chi connectivity index (χ1n) is 9.84. The molecule has 0 fully saturated rings. The highest BCUT2D eigenvalue weighted by atomic mass is 16.2. The van der Waals surface area contributed by atoms with E-state index < -0.39 is 0 Å². The van der Waals surface area contributed by atoms with Crippen LogP contribution < -0.4 is 10.2 Å². The van der Waals surface area contributed by atoms with Crippen molar-refractivity contribution < 1.29 is 9.59 Å². The van der Waals surface area contributed by atoms with E-state index in [-0.39, 0.29) is 17.9 Å². The smallest absolute Gasteiger partial charge is 0.260 e. The van der Waals surface area contributed by atoms with Crippen LogP contribution in [0.4, 0.5) is 11.4 Å². The van der Waals surface area contributed by atoms with Crippen LogP contribution in [0.2, 0.25) is 0 Å². The van der Waals surface area contributed by atoms with Gasteiger partial charge >= 0.3 is 0 Å². The maximum absolute atomic E-state index is 13.2. The highest BCUT2D eigenvalue weighted by Crippen LogP contribution is 2.33. The Morgan fingerprint density at radius 1 is 1.07 bits per heavy atom. The number of nitrogens with zero attached hydrogens (tertiary/aromatic N) is 2. The van der Waals surface area contributed by atoms with E-state index >= 15 is 0 Å². The van der Waals surface area contributed by atoms with Gasteiger partial charge in [0.15, 0.2) is 0 Å². The van der Waals surface area contributed by atoms with Gasteiger partial charge in [-0.2, -0.15) is 0 Å². The second-order valence-electron chi connectivity index (χ2n) is 7.28. The molecule has 0 spiro atoms. The quantitative estimate of drug-likeness (QED) is 0.720. The van der Waals surface area contributed by atoms with Crippen molar-refractivity contribution in [2.75, 3.05) is 10.2 Å². The van der Waals surface area contributed by atoms with Gasteiger partial charge in [-0.15, -0.1) is 0 Å². The predicted octanol–water partition coefficient (Wildman–Crippen LogP) is 4.49. The fourth-order valence-corrected chi connectivity index (χ4v) is 3.84. The minimum absolute atomic E-state index is 0.0637. The molecular formula is C24H23N3O2. The van der Waals surface area contributed by atoms with E-state index in [1.807, 2.05) is 62.4 Å². The number of pyridine rings is 1. The number of para-hydroxylation sites is 2. The van der Waals surface area contributed by atoms with Crippen LogP contribution in [0.25, 0.3) is 0 Å². The van der Waals surface area contributed by atoms with Crippen LogP contribution in [0.15, 0.2) is 67.0 Å². The number of nitrogens with one attached hydrogen (secondary N) is 1. The summed E-state index contributed by atoms with van der Waals surface area (Å²) in [6, 6.07) is 17.3. The molecule has 1 atom stereocenters. The number of aromatic nitrogens is 1. The minimum atomic E-state index is -0.275. The first kappa shape index (κ1) is 18.9. The third-order valence-electron chi connectivity index (χ3n) is 5.32. The summed E-state index contributed by atoms with van der Waals surface area (Å²) in [5, 5.41) is 2.93. The second-order valence-corrected chi connectivity index (χ2v) is 7.28. The van der Waals surface area contributed by atoms with E-state index in [0.717, 1.165) is 35.3 Å². The van der Waals surface area contributed by atoms with Crippen molar-refractivity contribution in [1.82, 2.24) is 4.98 Å². The molecule has 0 saturated carbocycles. The van der Waals surface area contributed by atoms with Crippen LogP contribution in [0, 0.1) is 0 Å². The zero-order valence-electron chi connectivity index (χ0n) is 16.6. The summed E-state index contributed by atoms with van der Waals surface area (Å²) in [4.78, 5) is 31.9. The lowest BCUT2D eigenvalue weighted by atomic mass is 10.1. The Hall–Kier alpha value is -3.47. The number of benzene rings is 2. The van der Waals surface area contributed by atoms with Gasteiger partial charge in [-0.05, 0) is 49.1 Å². The summed E-state index contributed by atoms with van der Waals surface area (Å²) >= 11 is 0. The van der Waals surface area contributed by atoms with Gasteiger partial charge in [0, 0.05) is 29.8 Å². The van der Waals surface area contributed by atoms with Gasteiger partial charge in [-0.1, -0.05) is 43.3 Å². The average Bonchev–Trinajstić information content (AvgIpc) is 3.09. The fourth-order valence-electron chi connectivity index (χ4n) is 3.84. The molecule has 1 N–H and O–H groups in total. The number of hydrogen-bond acceptors (Lipinski definition) is 3. The summed E-state index contributed by atoms with van der Waals surface area (Å²) in [6.45, 7) is 4.07. The SMILES string of the molecule is CCc1ccccc1NC(=O)c1cncc(C(=O)N2c3ccccc3CC2C)c1. The molecule has 2 heterocycles. The first-order chi connectivity index (χ1) is 14.1. The van der Waals surface area contributed by atoms with Crippen LogP contribution in [-0.2, 0) is 12.8 Å². The molecule has 3 aromatic rings. The normalized spacial score (nSPS) is 15.1. The van der Waals surface area contributed by atoms with Crippen molar-refractivity contribution in [2.24, 2.45) is 0 Å². The number of fused-ring (bicyclic) bond motifs is 1. The Bertz CT molecular complexity index is 1080. The monoisotopic (exact) mass is 385 g/mol.